The minimum Gasteiger partial charge on any atom is -0.497 e. The van der Waals surface area contributed by atoms with Gasteiger partial charge in [-0.2, -0.15) is 0 Å². The van der Waals surface area contributed by atoms with Crippen LogP contribution in [0.3, 0.4) is 0 Å². The Morgan fingerprint density at radius 1 is 0.909 bits per heavy atom. The maximum absolute atomic E-state index is 13.6. The molecule has 1 heterocycles. The van der Waals surface area contributed by atoms with Crippen LogP contribution in [0.15, 0.2) is 66.4 Å². The van der Waals surface area contributed by atoms with Crippen molar-refractivity contribution in [2.24, 2.45) is 0 Å². The largest absolute Gasteiger partial charge is 0.497 e. The first-order valence-electron chi connectivity index (χ1n) is 9.98. The molecule has 2 amide bonds. The SMILES string of the molecule is COc1cc(OC)cc(N2C(=O)C(Nc3cccc(Cl)c3C)=C(c3ccc(F)cc3)C2=O)c1. The Kier molecular flexibility index (Phi) is 6.07. The molecule has 168 valence electrons. The fourth-order valence-electron chi connectivity index (χ4n) is 3.56. The van der Waals surface area contributed by atoms with Crippen molar-refractivity contribution in [3.63, 3.8) is 0 Å². The number of nitrogens with zero attached hydrogens (tertiary/aromatic N) is 1. The van der Waals surface area contributed by atoms with Crippen LogP contribution in [0.25, 0.3) is 5.57 Å². The molecule has 0 radical (unpaired) electrons. The summed E-state index contributed by atoms with van der Waals surface area (Å²) in [7, 11) is 2.95. The molecule has 1 aliphatic rings. The Hall–Kier alpha value is -3.84. The van der Waals surface area contributed by atoms with Gasteiger partial charge in [0.05, 0.1) is 25.5 Å². The molecule has 0 aliphatic carbocycles. The highest BCUT2D eigenvalue weighted by atomic mass is 35.5. The van der Waals surface area contributed by atoms with E-state index in [2.05, 4.69) is 5.32 Å². The van der Waals surface area contributed by atoms with Crippen LogP contribution in [0, 0.1) is 12.7 Å². The zero-order valence-corrected chi connectivity index (χ0v) is 18.9. The predicted molar refractivity (Wildman–Crippen MR) is 125 cm³/mol. The quantitative estimate of drug-likeness (QED) is 0.506. The Balaban J connectivity index is 1.86. The number of methoxy groups -OCH3 is 2. The zero-order valence-electron chi connectivity index (χ0n) is 18.1. The molecular formula is C25H20ClFN2O4. The number of rotatable bonds is 6. The summed E-state index contributed by atoms with van der Waals surface area (Å²) in [5, 5.41) is 3.59. The first kappa shape index (κ1) is 22.4. The van der Waals surface area contributed by atoms with E-state index in [1.54, 1.807) is 43.3 Å². The first-order chi connectivity index (χ1) is 15.8. The monoisotopic (exact) mass is 466 g/mol. The van der Waals surface area contributed by atoms with Crippen LogP contribution >= 0.6 is 11.6 Å². The maximum atomic E-state index is 13.6. The van der Waals surface area contributed by atoms with Crippen molar-refractivity contribution in [3.8, 4) is 11.5 Å². The van der Waals surface area contributed by atoms with Gasteiger partial charge in [-0.15, -0.1) is 0 Å². The highest BCUT2D eigenvalue weighted by molar-refractivity contribution is 6.46. The average Bonchev–Trinajstić information content (AvgIpc) is 3.06. The van der Waals surface area contributed by atoms with Crippen LogP contribution in [0.1, 0.15) is 11.1 Å². The topological polar surface area (TPSA) is 67.9 Å². The lowest BCUT2D eigenvalue weighted by Crippen LogP contribution is -2.32. The predicted octanol–water partition coefficient (Wildman–Crippen LogP) is 5.20. The molecule has 4 rings (SSSR count). The molecule has 0 saturated heterocycles. The number of hydrogen-bond donors (Lipinski definition) is 1. The molecule has 1 N–H and O–H groups in total. The van der Waals surface area contributed by atoms with Crippen molar-refractivity contribution in [2.45, 2.75) is 6.92 Å². The molecule has 0 fully saturated rings. The van der Waals surface area contributed by atoms with Gasteiger partial charge in [-0.3, -0.25) is 9.59 Å². The van der Waals surface area contributed by atoms with Crippen LogP contribution < -0.4 is 19.7 Å². The number of hydrogen-bond acceptors (Lipinski definition) is 5. The van der Waals surface area contributed by atoms with E-state index in [0.29, 0.717) is 33.3 Å². The van der Waals surface area contributed by atoms with Crippen LogP contribution in [-0.2, 0) is 9.59 Å². The minimum absolute atomic E-state index is 0.0544. The molecule has 0 aromatic heterocycles. The highest BCUT2D eigenvalue weighted by Crippen LogP contribution is 2.37. The Morgan fingerprint density at radius 2 is 1.55 bits per heavy atom. The Morgan fingerprint density at radius 3 is 2.15 bits per heavy atom. The number of carbonyl (C=O) groups is 2. The zero-order chi connectivity index (χ0) is 23.7. The van der Waals surface area contributed by atoms with E-state index in [0.717, 1.165) is 4.90 Å². The van der Waals surface area contributed by atoms with Crippen molar-refractivity contribution in [1.82, 2.24) is 0 Å². The van der Waals surface area contributed by atoms with Crippen LogP contribution in [-0.4, -0.2) is 26.0 Å². The lowest BCUT2D eigenvalue weighted by atomic mass is 10.0. The van der Waals surface area contributed by atoms with E-state index in [9.17, 15) is 14.0 Å². The molecule has 8 heteroatoms. The Labute approximate surface area is 195 Å². The molecule has 1 aliphatic heterocycles. The van der Waals surface area contributed by atoms with Crippen molar-refractivity contribution in [3.05, 3.63) is 88.3 Å². The highest BCUT2D eigenvalue weighted by Gasteiger charge is 2.40. The van der Waals surface area contributed by atoms with Crippen molar-refractivity contribution in [1.29, 1.82) is 0 Å². The average molecular weight is 467 g/mol. The molecule has 0 unspecified atom stereocenters. The van der Waals surface area contributed by atoms with Gasteiger partial charge in [0.1, 0.15) is 23.0 Å². The number of benzene rings is 3. The van der Waals surface area contributed by atoms with Gasteiger partial charge >= 0.3 is 0 Å². The van der Waals surface area contributed by atoms with Gasteiger partial charge in [-0.1, -0.05) is 29.8 Å². The van der Waals surface area contributed by atoms with Gasteiger partial charge in [0.15, 0.2) is 0 Å². The standard InChI is InChI=1S/C25H20ClFN2O4/c1-14-20(26)5-4-6-21(14)28-23-22(15-7-9-16(27)10-8-15)24(30)29(25(23)31)17-11-18(32-2)13-19(12-17)33-3/h4-13,28H,1-3H3. The first-order valence-corrected chi connectivity index (χ1v) is 10.4. The summed E-state index contributed by atoms with van der Waals surface area (Å²) in [6.45, 7) is 1.80. The van der Waals surface area contributed by atoms with E-state index in [4.69, 9.17) is 21.1 Å². The summed E-state index contributed by atoms with van der Waals surface area (Å²) >= 11 is 6.24. The molecule has 0 saturated carbocycles. The van der Waals surface area contributed by atoms with Gasteiger partial charge in [0.2, 0.25) is 0 Å². The van der Waals surface area contributed by atoms with Crippen molar-refractivity contribution < 1.29 is 23.5 Å². The third-order valence-electron chi connectivity index (χ3n) is 5.34. The van der Waals surface area contributed by atoms with E-state index >= 15 is 0 Å². The maximum Gasteiger partial charge on any atom is 0.282 e. The lowest BCUT2D eigenvalue weighted by Gasteiger charge is -2.18. The molecule has 6 nitrogen and oxygen atoms in total. The number of ether oxygens (including phenoxy) is 2. The van der Waals surface area contributed by atoms with Crippen LogP contribution in [0.2, 0.25) is 5.02 Å². The summed E-state index contributed by atoms with van der Waals surface area (Å²) < 4.78 is 24.1. The van der Waals surface area contributed by atoms with E-state index in [-0.39, 0.29) is 17.0 Å². The minimum atomic E-state index is -0.575. The second-order valence-corrected chi connectivity index (χ2v) is 7.72. The summed E-state index contributed by atoms with van der Waals surface area (Å²) in [4.78, 5) is 28.2. The number of nitrogens with one attached hydrogen (secondary N) is 1. The van der Waals surface area contributed by atoms with Crippen LogP contribution in [0.4, 0.5) is 15.8 Å². The summed E-state index contributed by atoms with van der Waals surface area (Å²) in [5.41, 5.74) is 2.13. The van der Waals surface area contributed by atoms with E-state index in [1.165, 1.54) is 38.5 Å². The van der Waals surface area contributed by atoms with Gasteiger partial charge in [-0.05, 0) is 42.3 Å². The number of imide groups is 1. The van der Waals surface area contributed by atoms with Crippen LogP contribution in [0.5, 0.6) is 11.5 Å². The molecule has 0 atom stereocenters. The third kappa shape index (κ3) is 4.15. The van der Waals surface area contributed by atoms with Gasteiger partial charge in [-0.25, -0.2) is 9.29 Å². The molecule has 33 heavy (non-hydrogen) atoms. The fraction of sp³-hybridized carbons (Fsp3) is 0.120. The van der Waals surface area contributed by atoms with Gasteiger partial charge in [0, 0.05) is 28.9 Å². The molecule has 0 bridgehead atoms. The van der Waals surface area contributed by atoms with Gasteiger partial charge in [0.25, 0.3) is 11.8 Å². The fourth-order valence-corrected chi connectivity index (χ4v) is 3.74. The second kappa shape index (κ2) is 8.96. The number of carbonyl (C=O) groups excluding carboxylic acids is 2. The number of halogens is 2. The summed E-state index contributed by atoms with van der Waals surface area (Å²) in [5.74, 6) is -0.760. The molecule has 3 aromatic rings. The second-order valence-electron chi connectivity index (χ2n) is 7.31. The number of anilines is 2. The van der Waals surface area contributed by atoms with Crippen molar-refractivity contribution >= 4 is 40.4 Å². The third-order valence-corrected chi connectivity index (χ3v) is 5.75. The number of amides is 2. The summed E-state index contributed by atoms with van der Waals surface area (Å²) in [6, 6.07) is 15.4. The summed E-state index contributed by atoms with van der Waals surface area (Å²) in [6.07, 6.45) is 0. The molecule has 3 aromatic carbocycles. The van der Waals surface area contributed by atoms with Gasteiger partial charge < -0.3 is 14.8 Å². The van der Waals surface area contributed by atoms with Crippen molar-refractivity contribution in [2.75, 3.05) is 24.4 Å². The lowest BCUT2D eigenvalue weighted by molar-refractivity contribution is -0.120. The van der Waals surface area contributed by atoms with E-state index < -0.39 is 17.6 Å². The normalized spacial score (nSPS) is 13.5. The smallest absolute Gasteiger partial charge is 0.282 e. The Bertz CT molecular complexity index is 1270. The van der Waals surface area contributed by atoms with E-state index in [1.807, 2.05) is 0 Å². The molecular weight excluding hydrogens is 447 g/mol. The molecule has 0 spiro atoms.